The van der Waals surface area contributed by atoms with Gasteiger partial charge in [0.25, 0.3) is 0 Å². The molecule has 23 heavy (non-hydrogen) atoms. The molecule has 0 aliphatic carbocycles. The van der Waals surface area contributed by atoms with E-state index in [1.807, 2.05) is 24.3 Å². The molecule has 2 amide bonds. The predicted molar refractivity (Wildman–Crippen MR) is 82.7 cm³/mol. The van der Waals surface area contributed by atoms with Gasteiger partial charge in [-0.15, -0.1) is 0 Å². The third kappa shape index (κ3) is 5.17. The van der Waals surface area contributed by atoms with Crippen LogP contribution in [-0.2, 0) is 9.63 Å². The molecule has 1 aromatic rings. The van der Waals surface area contributed by atoms with Gasteiger partial charge in [0, 0.05) is 13.0 Å². The van der Waals surface area contributed by atoms with Gasteiger partial charge in [0.05, 0.1) is 25.8 Å². The van der Waals surface area contributed by atoms with Gasteiger partial charge in [-0.25, -0.2) is 4.79 Å². The fraction of sp³-hybridized carbons (Fsp3) is 0.400. The first kappa shape index (κ1) is 16.6. The summed E-state index contributed by atoms with van der Waals surface area (Å²) in [6.45, 7) is 0.377. The average molecular weight is 321 g/mol. The maximum absolute atomic E-state index is 11.5. The van der Waals surface area contributed by atoms with Gasteiger partial charge < -0.3 is 25.3 Å². The molecule has 3 N–H and O–H groups in total. The van der Waals surface area contributed by atoms with Gasteiger partial charge in [0.2, 0.25) is 0 Å². The molecule has 0 spiro atoms. The summed E-state index contributed by atoms with van der Waals surface area (Å²) < 4.78 is 5.10. The number of amides is 2. The maximum Gasteiger partial charge on any atom is 0.314 e. The lowest BCUT2D eigenvalue weighted by Gasteiger charge is -2.10. The Balaban J connectivity index is 1.72. The van der Waals surface area contributed by atoms with E-state index in [0.717, 1.165) is 17.0 Å². The van der Waals surface area contributed by atoms with Gasteiger partial charge >= 0.3 is 12.0 Å². The van der Waals surface area contributed by atoms with Crippen LogP contribution in [0, 0.1) is 0 Å². The van der Waals surface area contributed by atoms with Gasteiger partial charge in [-0.05, 0) is 29.8 Å². The third-order valence-corrected chi connectivity index (χ3v) is 3.27. The minimum Gasteiger partial charge on any atom is -0.497 e. The Morgan fingerprint density at radius 3 is 2.74 bits per heavy atom. The molecule has 0 aromatic heterocycles. The number of methoxy groups -OCH3 is 1. The number of hydrogen-bond donors (Lipinski definition) is 3. The molecule has 1 aliphatic rings. The lowest BCUT2D eigenvalue weighted by atomic mass is 10.0. The zero-order chi connectivity index (χ0) is 16.7. The highest BCUT2D eigenvalue weighted by Crippen LogP contribution is 2.18. The monoisotopic (exact) mass is 321 g/mol. The van der Waals surface area contributed by atoms with Crippen LogP contribution in [0.5, 0.6) is 5.75 Å². The minimum absolute atomic E-state index is 0.0836. The summed E-state index contributed by atoms with van der Waals surface area (Å²) in [5.74, 6) is -0.188. The summed E-state index contributed by atoms with van der Waals surface area (Å²) in [5, 5.41) is 17.6. The lowest BCUT2D eigenvalue weighted by molar-refractivity contribution is -0.136. The number of benzene rings is 1. The van der Waals surface area contributed by atoms with Crippen molar-refractivity contribution in [3.05, 3.63) is 29.8 Å². The molecule has 8 heteroatoms. The van der Waals surface area contributed by atoms with E-state index in [1.165, 1.54) is 0 Å². The fourth-order valence-electron chi connectivity index (χ4n) is 2.04. The van der Waals surface area contributed by atoms with Crippen molar-refractivity contribution in [1.82, 2.24) is 10.6 Å². The topological polar surface area (TPSA) is 109 Å². The molecule has 0 radical (unpaired) electrons. The highest BCUT2D eigenvalue weighted by atomic mass is 16.6. The zero-order valence-electron chi connectivity index (χ0n) is 12.7. The van der Waals surface area contributed by atoms with E-state index in [9.17, 15) is 9.59 Å². The maximum atomic E-state index is 11.5. The van der Waals surface area contributed by atoms with Crippen molar-refractivity contribution < 1.29 is 24.3 Å². The van der Waals surface area contributed by atoms with Gasteiger partial charge in [-0.2, -0.15) is 0 Å². The average Bonchev–Trinajstić information content (AvgIpc) is 3.01. The number of urea groups is 1. The van der Waals surface area contributed by atoms with E-state index >= 15 is 0 Å². The highest BCUT2D eigenvalue weighted by molar-refractivity contribution is 6.01. The van der Waals surface area contributed by atoms with Crippen molar-refractivity contribution in [3.8, 4) is 5.75 Å². The number of hydrogen-bond acceptors (Lipinski definition) is 5. The van der Waals surface area contributed by atoms with Crippen molar-refractivity contribution >= 4 is 17.7 Å². The van der Waals surface area contributed by atoms with Crippen molar-refractivity contribution in [2.45, 2.75) is 18.9 Å². The molecule has 1 aliphatic heterocycles. The summed E-state index contributed by atoms with van der Waals surface area (Å²) >= 11 is 0. The number of aliphatic carboxylic acids is 1. The molecule has 0 saturated carbocycles. The number of rotatable bonds is 7. The summed E-state index contributed by atoms with van der Waals surface area (Å²) in [6.07, 6.45) is 0.233. The fourth-order valence-corrected chi connectivity index (χ4v) is 2.04. The van der Waals surface area contributed by atoms with Gasteiger partial charge in [0.1, 0.15) is 5.75 Å². The summed E-state index contributed by atoms with van der Waals surface area (Å²) in [5.41, 5.74) is 1.75. The number of carbonyl (C=O) groups is 2. The first-order valence-electron chi connectivity index (χ1n) is 7.19. The van der Waals surface area contributed by atoms with Crippen LogP contribution in [0.15, 0.2) is 29.4 Å². The Morgan fingerprint density at radius 2 is 2.09 bits per heavy atom. The number of carboxylic acids is 1. The molecule has 0 bridgehead atoms. The Bertz CT molecular complexity index is 585. The van der Waals surface area contributed by atoms with Crippen molar-refractivity contribution in [2.24, 2.45) is 5.16 Å². The molecule has 1 unspecified atom stereocenters. The van der Waals surface area contributed by atoms with E-state index in [2.05, 4.69) is 15.8 Å². The number of carbonyl (C=O) groups excluding carboxylic acids is 1. The normalized spacial score (nSPS) is 16.2. The van der Waals surface area contributed by atoms with E-state index in [4.69, 9.17) is 14.7 Å². The smallest absolute Gasteiger partial charge is 0.314 e. The summed E-state index contributed by atoms with van der Waals surface area (Å²) in [6, 6.07) is 7.07. The van der Waals surface area contributed by atoms with Gasteiger partial charge in [-0.1, -0.05) is 5.16 Å². The predicted octanol–water partition coefficient (Wildman–Crippen LogP) is 0.962. The highest BCUT2D eigenvalue weighted by Gasteiger charge is 2.22. The van der Waals surface area contributed by atoms with Gasteiger partial charge in [-0.3, -0.25) is 4.79 Å². The Kier molecular flexibility index (Phi) is 5.79. The number of ether oxygens (including phenoxy) is 1. The summed E-state index contributed by atoms with van der Waals surface area (Å²) in [7, 11) is 1.61. The quantitative estimate of drug-likeness (QED) is 0.693. The molecule has 1 aromatic carbocycles. The SMILES string of the molecule is COc1ccc(C2=NOC(CNC(=O)NCCC(=O)O)C2)cc1. The van der Waals surface area contributed by atoms with Crippen LogP contribution in [0.1, 0.15) is 18.4 Å². The van der Waals surface area contributed by atoms with E-state index in [1.54, 1.807) is 7.11 Å². The van der Waals surface area contributed by atoms with Crippen molar-refractivity contribution in [2.75, 3.05) is 20.2 Å². The van der Waals surface area contributed by atoms with Crippen LogP contribution in [0.4, 0.5) is 4.79 Å². The van der Waals surface area contributed by atoms with Crippen LogP contribution in [0.25, 0.3) is 0 Å². The zero-order valence-corrected chi connectivity index (χ0v) is 12.7. The Hall–Kier alpha value is -2.77. The molecule has 124 valence electrons. The molecule has 1 atom stereocenters. The number of nitrogens with one attached hydrogen (secondary N) is 2. The molecular formula is C15H19N3O5. The number of carboxylic acid groups (broad SMARTS) is 1. The van der Waals surface area contributed by atoms with Crippen LogP contribution in [-0.4, -0.2) is 49.1 Å². The first-order valence-corrected chi connectivity index (χ1v) is 7.19. The number of oxime groups is 1. The first-order chi connectivity index (χ1) is 11.1. The second-order valence-electron chi connectivity index (χ2n) is 4.98. The molecule has 0 saturated heterocycles. The second-order valence-corrected chi connectivity index (χ2v) is 4.98. The standard InChI is InChI=1S/C15H19N3O5/c1-22-11-4-2-10(3-5-11)13-8-12(23-18-13)9-17-15(21)16-7-6-14(19)20/h2-5,12H,6-9H2,1H3,(H,19,20)(H2,16,17,21). The molecule has 0 fully saturated rings. The van der Waals surface area contributed by atoms with Crippen LogP contribution in [0.2, 0.25) is 0 Å². The molecule has 1 heterocycles. The van der Waals surface area contributed by atoms with Crippen LogP contribution in [0.3, 0.4) is 0 Å². The van der Waals surface area contributed by atoms with Crippen molar-refractivity contribution in [1.29, 1.82) is 0 Å². The van der Waals surface area contributed by atoms with E-state index in [0.29, 0.717) is 13.0 Å². The lowest BCUT2D eigenvalue weighted by Crippen LogP contribution is -2.40. The van der Waals surface area contributed by atoms with E-state index < -0.39 is 12.0 Å². The molecule has 8 nitrogen and oxygen atoms in total. The second kappa shape index (κ2) is 8.02. The Morgan fingerprint density at radius 1 is 1.35 bits per heavy atom. The van der Waals surface area contributed by atoms with Gasteiger partial charge in [0.15, 0.2) is 6.10 Å². The number of nitrogens with zero attached hydrogens (tertiary/aromatic N) is 1. The van der Waals surface area contributed by atoms with E-state index in [-0.39, 0.29) is 19.1 Å². The Labute approximate surface area is 133 Å². The minimum atomic E-state index is -0.957. The summed E-state index contributed by atoms with van der Waals surface area (Å²) in [4.78, 5) is 27.1. The van der Waals surface area contributed by atoms with Crippen molar-refractivity contribution in [3.63, 3.8) is 0 Å². The van der Waals surface area contributed by atoms with Crippen LogP contribution < -0.4 is 15.4 Å². The third-order valence-electron chi connectivity index (χ3n) is 3.27. The van der Waals surface area contributed by atoms with Crippen LogP contribution >= 0.6 is 0 Å². The largest absolute Gasteiger partial charge is 0.497 e. The molecular weight excluding hydrogens is 302 g/mol. The molecule has 2 rings (SSSR count).